The van der Waals surface area contributed by atoms with Crippen LogP contribution in [0.1, 0.15) is 17.2 Å². The minimum absolute atomic E-state index is 0.102. The van der Waals surface area contributed by atoms with Gasteiger partial charge < -0.3 is 19.9 Å². The lowest BCUT2D eigenvalue weighted by Crippen LogP contribution is -2.32. The molecule has 2 aromatic rings. The van der Waals surface area contributed by atoms with Crippen LogP contribution in [0.25, 0.3) is 0 Å². The number of aliphatic hydroxyl groups excluding tert-OH is 1. The summed E-state index contributed by atoms with van der Waals surface area (Å²) in [5.41, 5.74) is 1.24. The highest BCUT2D eigenvalue weighted by molar-refractivity contribution is 5.77. The van der Waals surface area contributed by atoms with Crippen molar-refractivity contribution >= 4 is 5.91 Å². The zero-order chi connectivity index (χ0) is 19.2. The number of hydrogen-bond donors (Lipinski definition) is 2. The largest absolute Gasteiger partial charge is 0.573 e. The smallest absolute Gasteiger partial charge is 0.484 e. The molecule has 0 fully saturated rings. The molecule has 8 heteroatoms. The summed E-state index contributed by atoms with van der Waals surface area (Å²) in [5, 5.41) is 12.5. The fourth-order valence-electron chi connectivity index (χ4n) is 2.13. The molecule has 5 nitrogen and oxygen atoms in total. The number of aryl methyl sites for hydroxylation is 1. The van der Waals surface area contributed by atoms with E-state index in [-0.39, 0.29) is 18.9 Å². The Morgan fingerprint density at radius 3 is 2.42 bits per heavy atom. The quantitative estimate of drug-likeness (QED) is 0.787. The fraction of sp³-hybridized carbons (Fsp3) is 0.278. The van der Waals surface area contributed by atoms with Crippen LogP contribution in [0.3, 0.4) is 0 Å². The molecule has 0 aromatic heterocycles. The van der Waals surface area contributed by atoms with E-state index in [2.05, 4.69) is 10.1 Å². The molecule has 0 spiro atoms. The molecular weight excluding hydrogens is 351 g/mol. The molecule has 1 amide bonds. The molecule has 0 radical (unpaired) electrons. The number of ether oxygens (including phenoxy) is 2. The molecule has 1 atom stereocenters. The first kappa shape index (κ1) is 19.6. The van der Waals surface area contributed by atoms with Crippen molar-refractivity contribution in [3.63, 3.8) is 0 Å². The third-order valence-electron chi connectivity index (χ3n) is 3.44. The molecule has 2 N–H and O–H groups in total. The average molecular weight is 369 g/mol. The van der Waals surface area contributed by atoms with Gasteiger partial charge >= 0.3 is 6.36 Å². The molecule has 0 bridgehead atoms. The molecule has 140 valence electrons. The van der Waals surface area contributed by atoms with Crippen LogP contribution >= 0.6 is 0 Å². The number of rotatable bonds is 7. The van der Waals surface area contributed by atoms with Crippen molar-refractivity contribution in [3.05, 3.63) is 59.7 Å². The molecule has 0 saturated carbocycles. The van der Waals surface area contributed by atoms with Crippen molar-refractivity contribution in [2.45, 2.75) is 19.4 Å². The van der Waals surface area contributed by atoms with Crippen LogP contribution in [-0.2, 0) is 4.79 Å². The Bertz CT molecular complexity index is 732. The number of aliphatic hydroxyl groups is 1. The van der Waals surface area contributed by atoms with Gasteiger partial charge in [0.15, 0.2) is 6.61 Å². The van der Waals surface area contributed by atoms with E-state index >= 15 is 0 Å². The Kier molecular flexibility index (Phi) is 6.46. The highest BCUT2D eigenvalue weighted by atomic mass is 19.4. The van der Waals surface area contributed by atoms with E-state index in [1.807, 2.05) is 19.1 Å². The second-order valence-corrected chi connectivity index (χ2v) is 5.49. The van der Waals surface area contributed by atoms with Crippen molar-refractivity contribution in [1.82, 2.24) is 5.32 Å². The topological polar surface area (TPSA) is 67.8 Å². The third kappa shape index (κ3) is 6.29. The standard InChI is InChI=1S/C18H18F3NO4/c1-12-4-2-3-5-16(12)25-11-17(24)22-10-15(23)13-6-8-14(9-7-13)26-18(19,20)21/h2-9,15,23H,10-11H2,1H3,(H,22,24). The normalized spacial score (nSPS) is 12.3. The molecule has 2 aromatic carbocycles. The Morgan fingerprint density at radius 2 is 1.81 bits per heavy atom. The molecule has 0 saturated heterocycles. The van der Waals surface area contributed by atoms with Gasteiger partial charge in [-0.15, -0.1) is 13.2 Å². The minimum Gasteiger partial charge on any atom is -0.484 e. The molecule has 26 heavy (non-hydrogen) atoms. The first-order valence-corrected chi connectivity index (χ1v) is 7.73. The van der Waals surface area contributed by atoms with Crippen molar-refractivity contribution in [2.24, 2.45) is 0 Å². The van der Waals surface area contributed by atoms with Gasteiger partial charge in [0.25, 0.3) is 5.91 Å². The van der Waals surface area contributed by atoms with Crippen LogP contribution in [-0.4, -0.2) is 30.5 Å². The monoisotopic (exact) mass is 369 g/mol. The van der Waals surface area contributed by atoms with Gasteiger partial charge in [-0.2, -0.15) is 0 Å². The van der Waals surface area contributed by atoms with Crippen LogP contribution < -0.4 is 14.8 Å². The highest BCUT2D eigenvalue weighted by Gasteiger charge is 2.31. The fourth-order valence-corrected chi connectivity index (χ4v) is 2.13. The number of nitrogens with one attached hydrogen (secondary N) is 1. The van der Waals surface area contributed by atoms with Crippen molar-refractivity contribution in [1.29, 1.82) is 0 Å². The van der Waals surface area contributed by atoms with E-state index in [0.29, 0.717) is 11.3 Å². The summed E-state index contributed by atoms with van der Waals surface area (Å²) in [5.74, 6) is -0.225. The van der Waals surface area contributed by atoms with Gasteiger partial charge in [-0.3, -0.25) is 4.79 Å². The third-order valence-corrected chi connectivity index (χ3v) is 3.44. The Balaban J connectivity index is 1.79. The Hall–Kier alpha value is -2.74. The SMILES string of the molecule is Cc1ccccc1OCC(=O)NCC(O)c1ccc(OC(F)(F)F)cc1. The lowest BCUT2D eigenvalue weighted by atomic mass is 10.1. The zero-order valence-corrected chi connectivity index (χ0v) is 13.9. The van der Waals surface area contributed by atoms with Gasteiger partial charge in [0.2, 0.25) is 0 Å². The van der Waals surface area contributed by atoms with Crippen LogP contribution in [0.15, 0.2) is 48.5 Å². The van der Waals surface area contributed by atoms with Crippen LogP contribution in [0, 0.1) is 6.92 Å². The highest BCUT2D eigenvalue weighted by Crippen LogP contribution is 2.24. The summed E-state index contributed by atoms with van der Waals surface area (Å²) in [6.45, 7) is 1.54. The summed E-state index contributed by atoms with van der Waals surface area (Å²) >= 11 is 0. The van der Waals surface area contributed by atoms with Crippen molar-refractivity contribution in [2.75, 3.05) is 13.2 Å². The number of carbonyl (C=O) groups is 1. The molecule has 0 aliphatic heterocycles. The summed E-state index contributed by atoms with van der Waals surface area (Å²) in [6, 6.07) is 12.0. The molecule has 0 heterocycles. The first-order valence-electron chi connectivity index (χ1n) is 7.73. The maximum Gasteiger partial charge on any atom is 0.573 e. The van der Waals surface area contributed by atoms with Gasteiger partial charge in [-0.05, 0) is 36.2 Å². The summed E-state index contributed by atoms with van der Waals surface area (Å²) < 4.78 is 45.4. The number of para-hydroxylation sites is 1. The molecular formula is C18H18F3NO4. The summed E-state index contributed by atoms with van der Waals surface area (Å²) in [4.78, 5) is 11.8. The number of benzene rings is 2. The van der Waals surface area contributed by atoms with Gasteiger partial charge in [0, 0.05) is 6.54 Å². The van der Waals surface area contributed by atoms with E-state index in [9.17, 15) is 23.1 Å². The van der Waals surface area contributed by atoms with Gasteiger partial charge in [-0.1, -0.05) is 30.3 Å². The second kappa shape index (κ2) is 8.57. The lowest BCUT2D eigenvalue weighted by molar-refractivity contribution is -0.274. The number of hydrogen-bond acceptors (Lipinski definition) is 4. The summed E-state index contributed by atoms with van der Waals surface area (Å²) in [6.07, 6.45) is -5.84. The Morgan fingerprint density at radius 1 is 1.15 bits per heavy atom. The number of carbonyl (C=O) groups excluding carboxylic acids is 1. The van der Waals surface area contributed by atoms with Crippen molar-refractivity contribution in [3.8, 4) is 11.5 Å². The van der Waals surface area contributed by atoms with Crippen LogP contribution in [0.4, 0.5) is 13.2 Å². The lowest BCUT2D eigenvalue weighted by Gasteiger charge is -2.14. The Labute approximate surface area is 148 Å². The molecule has 0 aliphatic rings. The summed E-state index contributed by atoms with van der Waals surface area (Å²) in [7, 11) is 0. The number of alkyl halides is 3. The van der Waals surface area contributed by atoms with Crippen LogP contribution in [0.5, 0.6) is 11.5 Å². The molecule has 0 aliphatic carbocycles. The van der Waals surface area contributed by atoms with Gasteiger partial charge in [0.1, 0.15) is 11.5 Å². The van der Waals surface area contributed by atoms with E-state index < -0.39 is 18.4 Å². The first-order chi connectivity index (χ1) is 12.2. The van der Waals surface area contributed by atoms with E-state index in [1.54, 1.807) is 12.1 Å². The zero-order valence-electron chi connectivity index (χ0n) is 13.9. The molecule has 2 rings (SSSR count). The maximum atomic E-state index is 12.1. The van der Waals surface area contributed by atoms with E-state index in [4.69, 9.17) is 4.74 Å². The second-order valence-electron chi connectivity index (χ2n) is 5.49. The number of amides is 1. The van der Waals surface area contributed by atoms with Crippen LogP contribution in [0.2, 0.25) is 0 Å². The minimum atomic E-state index is -4.77. The van der Waals surface area contributed by atoms with Gasteiger partial charge in [0.05, 0.1) is 6.10 Å². The number of halogens is 3. The van der Waals surface area contributed by atoms with E-state index in [1.165, 1.54) is 12.1 Å². The maximum absolute atomic E-state index is 12.1. The van der Waals surface area contributed by atoms with E-state index in [0.717, 1.165) is 17.7 Å². The molecule has 1 unspecified atom stereocenters. The van der Waals surface area contributed by atoms with Gasteiger partial charge in [-0.25, -0.2) is 0 Å². The predicted octanol–water partition coefficient (Wildman–Crippen LogP) is 3.12. The average Bonchev–Trinajstić information content (AvgIpc) is 2.58. The van der Waals surface area contributed by atoms with Crippen molar-refractivity contribution < 1.29 is 32.5 Å². The predicted molar refractivity (Wildman–Crippen MR) is 87.8 cm³/mol.